The molecule has 1 atom stereocenters. The maximum atomic E-state index is 12.2. The quantitative estimate of drug-likeness (QED) is 0.772. The first kappa shape index (κ1) is 13.8. The number of hydrogen-bond donors (Lipinski definition) is 0. The van der Waals surface area contributed by atoms with E-state index >= 15 is 0 Å². The first-order valence-corrected chi connectivity index (χ1v) is 7.13. The van der Waals surface area contributed by atoms with Gasteiger partial charge in [0, 0.05) is 24.9 Å². The van der Waals surface area contributed by atoms with Crippen LogP contribution in [0.25, 0.3) is 0 Å². The second kappa shape index (κ2) is 5.31. The smallest absolute Gasteiger partial charge is 0.309 e. The van der Waals surface area contributed by atoms with Crippen molar-refractivity contribution in [1.82, 2.24) is 0 Å². The normalized spacial score (nSPS) is 20.8. The summed E-state index contributed by atoms with van der Waals surface area (Å²) in [6, 6.07) is 5.20. The van der Waals surface area contributed by atoms with Gasteiger partial charge in [0.25, 0.3) is 0 Å². The Bertz CT molecular complexity index is 623. The molecule has 0 aliphatic carbocycles. The SMILES string of the molecule is COC(=O)Cc1ccc2c(c1)CC1C(=O)CCCC(=O)N21. The van der Waals surface area contributed by atoms with E-state index in [1.54, 1.807) is 4.90 Å². The van der Waals surface area contributed by atoms with Crippen LogP contribution in [0.4, 0.5) is 5.69 Å². The number of fused-ring (bicyclic) bond motifs is 3. The molecule has 0 aromatic heterocycles. The molecule has 2 aliphatic rings. The highest BCUT2D eigenvalue weighted by Gasteiger charge is 2.39. The van der Waals surface area contributed by atoms with Gasteiger partial charge in [-0.25, -0.2) is 0 Å². The van der Waals surface area contributed by atoms with Gasteiger partial charge in [-0.2, -0.15) is 0 Å². The molecule has 5 heteroatoms. The Morgan fingerprint density at radius 1 is 1.33 bits per heavy atom. The maximum absolute atomic E-state index is 12.2. The van der Waals surface area contributed by atoms with Crippen LogP contribution < -0.4 is 4.90 Å². The van der Waals surface area contributed by atoms with Crippen molar-refractivity contribution in [3.8, 4) is 0 Å². The van der Waals surface area contributed by atoms with Crippen LogP contribution in [0, 0.1) is 0 Å². The van der Waals surface area contributed by atoms with E-state index in [-0.39, 0.29) is 30.1 Å². The molecule has 5 nitrogen and oxygen atoms in total. The van der Waals surface area contributed by atoms with Crippen molar-refractivity contribution in [3.63, 3.8) is 0 Å². The Hall–Kier alpha value is -2.17. The molecular weight excluding hydrogens is 270 g/mol. The van der Waals surface area contributed by atoms with Crippen molar-refractivity contribution in [1.29, 1.82) is 0 Å². The van der Waals surface area contributed by atoms with E-state index in [0.29, 0.717) is 25.7 Å². The molecule has 0 spiro atoms. The molecule has 1 unspecified atom stereocenters. The average molecular weight is 287 g/mol. The van der Waals surface area contributed by atoms with Gasteiger partial charge in [0.15, 0.2) is 5.78 Å². The summed E-state index contributed by atoms with van der Waals surface area (Å²) in [5, 5.41) is 0. The van der Waals surface area contributed by atoms with Crippen LogP contribution in [0.5, 0.6) is 0 Å². The zero-order valence-electron chi connectivity index (χ0n) is 11.9. The number of methoxy groups -OCH3 is 1. The second-order valence-electron chi connectivity index (χ2n) is 5.52. The summed E-state index contributed by atoms with van der Waals surface area (Å²) in [6.07, 6.45) is 2.28. The number of carbonyl (C=O) groups excluding carboxylic acids is 3. The molecule has 110 valence electrons. The van der Waals surface area contributed by atoms with E-state index in [0.717, 1.165) is 16.8 Å². The van der Waals surface area contributed by atoms with Crippen molar-refractivity contribution in [2.24, 2.45) is 0 Å². The molecule has 1 amide bonds. The Morgan fingerprint density at radius 3 is 2.90 bits per heavy atom. The van der Waals surface area contributed by atoms with Crippen LogP contribution in [0.1, 0.15) is 30.4 Å². The van der Waals surface area contributed by atoms with Crippen molar-refractivity contribution in [2.75, 3.05) is 12.0 Å². The summed E-state index contributed by atoms with van der Waals surface area (Å²) < 4.78 is 4.66. The first-order chi connectivity index (χ1) is 10.1. The van der Waals surface area contributed by atoms with Crippen molar-refractivity contribution >= 4 is 23.3 Å². The number of Topliss-reactive ketones (excluding diaryl/α,β-unsaturated/α-hetero) is 1. The van der Waals surface area contributed by atoms with E-state index < -0.39 is 0 Å². The predicted octanol–water partition coefficient (Wildman–Crippen LogP) is 1.41. The molecule has 3 rings (SSSR count). The lowest BCUT2D eigenvalue weighted by atomic mass is 10.0. The van der Waals surface area contributed by atoms with E-state index in [1.165, 1.54) is 7.11 Å². The predicted molar refractivity (Wildman–Crippen MR) is 76.0 cm³/mol. The van der Waals surface area contributed by atoms with Crippen LogP contribution in [0.15, 0.2) is 18.2 Å². The molecule has 1 aromatic rings. The molecule has 2 aliphatic heterocycles. The second-order valence-corrected chi connectivity index (χ2v) is 5.52. The lowest BCUT2D eigenvalue weighted by molar-refractivity contribution is -0.139. The number of rotatable bonds is 2. The fraction of sp³-hybridized carbons (Fsp3) is 0.438. The number of carbonyl (C=O) groups is 3. The number of ketones is 1. The van der Waals surface area contributed by atoms with Crippen LogP contribution >= 0.6 is 0 Å². The zero-order valence-corrected chi connectivity index (χ0v) is 11.9. The van der Waals surface area contributed by atoms with Crippen LogP contribution in [-0.4, -0.2) is 30.8 Å². The Kier molecular flexibility index (Phi) is 3.49. The van der Waals surface area contributed by atoms with Crippen molar-refractivity contribution in [2.45, 2.75) is 38.1 Å². The minimum atomic E-state index is -0.358. The minimum absolute atomic E-state index is 0.0188. The fourth-order valence-electron chi connectivity index (χ4n) is 3.12. The standard InChI is InChI=1S/C16H17NO4/c1-21-16(20)8-10-5-6-12-11(7-10)9-13-14(18)3-2-4-15(19)17(12)13/h5-7,13H,2-4,8-9H2,1H3. The molecule has 0 bridgehead atoms. The summed E-state index contributed by atoms with van der Waals surface area (Å²) in [4.78, 5) is 37.4. The molecule has 0 N–H and O–H groups in total. The third-order valence-corrected chi connectivity index (χ3v) is 4.16. The topological polar surface area (TPSA) is 63.7 Å². The fourth-order valence-corrected chi connectivity index (χ4v) is 3.12. The zero-order chi connectivity index (χ0) is 15.0. The molecule has 2 heterocycles. The summed E-state index contributed by atoms with van der Waals surface area (Å²) in [7, 11) is 1.36. The molecule has 1 aromatic carbocycles. The van der Waals surface area contributed by atoms with Crippen LogP contribution in [0.2, 0.25) is 0 Å². The Balaban J connectivity index is 1.93. The lowest BCUT2D eigenvalue weighted by Crippen LogP contribution is -2.40. The summed E-state index contributed by atoms with van der Waals surface area (Å²) in [5.74, 6) is -0.147. The summed E-state index contributed by atoms with van der Waals surface area (Å²) in [5.41, 5.74) is 2.62. The summed E-state index contributed by atoms with van der Waals surface area (Å²) >= 11 is 0. The third-order valence-electron chi connectivity index (χ3n) is 4.16. The average Bonchev–Trinajstić information content (AvgIpc) is 2.79. The molecule has 21 heavy (non-hydrogen) atoms. The monoisotopic (exact) mass is 287 g/mol. The van der Waals surface area contributed by atoms with E-state index in [4.69, 9.17) is 0 Å². The summed E-state index contributed by atoms with van der Waals surface area (Å²) in [6.45, 7) is 0. The van der Waals surface area contributed by atoms with Crippen LogP contribution in [-0.2, 0) is 32.0 Å². The molecule has 1 fully saturated rings. The van der Waals surface area contributed by atoms with Crippen LogP contribution in [0.3, 0.4) is 0 Å². The number of hydrogen-bond acceptors (Lipinski definition) is 4. The van der Waals surface area contributed by atoms with Crippen molar-refractivity contribution < 1.29 is 19.1 Å². The number of anilines is 1. The highest BCUT2D eigenvalue weighted by molar-refractivity contribution is 6.05. The van der Waals surface area contributed by atoms with Gasteiger partial charge >= 0.3 is 5.97 Å². The Labute approximate surface area is 122 Å². The van der Waals surface area contributed by atoms with Crippen molar-refractivity contribution in [3.05, 3.63) is 29.3 Å². The maximum Gasteiger partial charge on any atom is 0.309 e. The minimum Gasteiger partial charge on any atom is -0.469 e. The lowest BCUT2D eigenvalue weighted by Gasteiger charge is -2.21. The van der Waals surface area contributed by atoms with Gasteiger partial charge in [0.05, 0.1) is 19.6 Å². The molecular formula is C16H17NO4. The van der Waals surface area contributed by atoms with Gasteiger partial charge < -0.3 is 9.64 Å². The van der Waals surface area contributed by atoms with Gasteiger partial charge in [0.1, 0.15) is 0 Å². The first-order valence-electron chi connectivity index (χ1n) is 7.13. The number of benzene rings is 1. The van der Waals surface area contributed by atoms with Gasteiger partial charge in [-0.15, -0.1) is 0 Å². The highest BCUT2D eigenvalue weighted by atomic mass is 16.5. The van der Waals surface area contributed by atoms with E-state index in [1.807, 2.05) is 18.2 Å². The number of esters is 1. The molecule has 0 radical (unpaired) electrons. The van der Waals surface area contributed by atoms with Gasteiger partial charge in [-0.05, 0) is 23.6 Å². The van der Waals surface area contributed by atoms with E-state index in [9.17, 15) is 14.4 Å². The Morgan fingerprint density at radius 2 is 2.14 bits per heavy atom. The number of nitrogens with zero attached hydrogens (tertiary/aromatic N) is 1. The molecule has 1 saturated heterocycles. The number of ether oxygens (including phenoxy) is 1. The van der Waals surface area contributed by atoms with Gasteiger partial charge in [-0.1, -0.05) is 12.1 Å². The largest absolute Gasteiger partial charge is 0.469 e. The van der Waals surface area contributed by atoms with E-state index in [2.05, 4.69) is 4.74 Å². The highest BCUT2D eigenvalue weighted by Crippen LogP contribution is 2.36. The number of amides is 1. The van der Waals surface area contributed by atoms with Gasteiger partial charge in [-0.3, -0.25) is 14.4 Å². The van der Waals surface area contributed by atoms with Gasteiger partial charge in [0.2, 0.25) is 5.91 Å². The third kappa shape index (κ3) is 2.44. The molecule has 0 saturated carbocycles.